The minimum absolute atomic E-state index is 0.312. The molecule has 1 aliphatic rings. The summed E-state index contributed by atoms with van der Waals surface area (Å²) in [7, 11) is 0. The fourth-order valence-corrected chi connectivity index (χ4v) is 3.41. The van der Waals surface area contributed by atoms with Gasteiger partial charge < -0.3 is 19.7 Å². The first-order chi connectivity index (χ1) is 12.5. The van der Waals surface area contributed by atoms with E-state index in [2.05, 4.69) is 31.1 Å². The van der Waals surface area contributed by atoms with E-state index < -0.39 is 5.79 Å². The lowest BCUT2D eigenvalue weighted by Crippen LogP contribution is -2.29. The van der Waals surface area contributed by atoms with Crippen molar-refractivity contribution in [1.82, 2.24) is 5.16 Å². The van der Waals surface area contributed by atoms with Crippen molar-refractivity contribution < 1.29 is 14.0 Å². The van der Waals surface area contributed by atoms with Gasteiger partial charge in [-0.05, 0) is 11.6 Å². The Morgan fingerprint density at radius 3 is 2.27 bits per heavy atom. The predicted octanol–water partition coefficient (Wildman–Crippen LogP) is 3.83. The molecule has 0 spiro atoms. The Balaban J connectivity index is 1.80. The van der Waals surface area contributed by atoms with E-state index in [4.69, 9.17) is 19.7 Å². The highest BCUT2D eigenvalue weighted by atomic mass is 16.7. The van der Waals surface area contributed by atoms with Gasteiger partial charge in [0.05, 0.1) is 18.9 Å². The van der Waals surface area contributed by atoms with E-state index in [1.54, 1.807) is 6.07 Å². The molecule has 1 saturated heterocycles. The molecule has 1 aliphatic heterocycles. The second kappa shape index (κ2) is 6.27. The van der Waals surface area contributed by atoms with Crippen molar-refractivity contribution in [1.29, 1.82) is 0 Å². The summed E-state index contributed by atoms with van der Waals surface area (Å²) in [4.78, 5) is 0. The zero-order valence-electron chi connectivity index (χ0n) is 14.9. The van der Waals surface area contributed by atoms with Crippen LogP contribution in [0, 0.1) is 0 Å². The molecule has 2 N–H and O–H groups in total. The highest BCUT2D eigenvalue weighted by Crippen LogP contribution is 2.40. The number of aromatic nitrogens is 1. The number of nitrogen functional groups attached to an aromatic ring is 1. The molecule has 0 unspecified atom stereocenters. The van der Waals surface area contributed by atoms with Crippen molar-refractivity contribution >= 4 is 5.88 Å². The summed E-state index contributed by atoms with van der Waals surface area (Å²) < 4.78 is 17.3. The van der Waals surface area contributed by atoms with E-state index >= 15 is 0 Å². The summed E-state index contributed by atoms with van der Waals surface area (Å²) in [5, 5.41) is 4.10. The van der Waals surface area contributed by atoms with Gasteiger partial charge in [-0.2, -0.15) is 0 Å². The zero-order chi connectivity index (χ0) is 18.2. The fraction of sp³-hybridized carbons (Fsp3) is 0.286. The number of hydrogen-bond donors (Lipinski definition) is 1. The van der Waals surface area contributed by atoms with Crippen LogP contribution in [0.15, 0.2) is 65.2 Å². The first-order valence-electron chi connectivity index (χ1n) is 8.69. The standard InChI is InChI=1S/C21H22N2O3/c1-20(2,18-14-19(22)26-23-18)16-9-6-10-17(13-16)21(24-11-12-25-21)15-7-4-3-5-8-15/h3-10,13-14H,11-12,22H2,1-2H3. The first kappa shape index (κ1) is 16.8. The molecule has 0 saturated carbocycles. The van der Waals surface area contributed by atoms with Crippen LogP contribution in [-0.2, 0) is 20.7 Å². The second-order valence-electron chi connectivity index (χ2n) is 7.00. The van der Waals surface area contributed by atoms with Gasteiger partial charge in [0.25, 0.3) is 0 Å². The number of ether oxygens (including phenoxy) is 2. The molecule has 134 valence electrons. The minimum Gasteiger partial charge on any atom is -0.368 e. The Bertz CT molecular complexity index is 896. The van der Waals surface area contributed by atoms with Gasteiger partial charge in [-0.25, -0.2) is 0 Å². The lowest BCUT2D eigenvalue weighted by Gasteiger charge is -2.30. The molecular weight excluding hydrogens is 328 g/mol. The van der Waals surface area contributed by atoms with E-state index in [9.17, 15) is 0 Å². The maximum atomic E-state index is 6.11. The fourth-order valence-electron chi connectivity index (χ4n) is 3.41. The van der Waals surface area contributed by atoms with Crippen molar-refractivity contribution in [2.75, 3.05) is 18.9 Å². The number of nitrogens with zero attached hydrogens (tertiary/aromatic N) is 1. The molecule has 26 heavy (non-hydrogen) atoms. The molecule has 5 nitrogen and oxygen atoms in total. The molecule has 3 aromatic rings. The van der Waals surface area contributed by atoms with E-state index in [1.165, 1.54) is 0 Å². The first-order valence-corrected chi connectivity index (χ1v) is 8.69. The molecule has 0 radical (unpaired) electrons. The van der Waals surface area contributed by atoms with Crippen LogP contribution in [0.4, 0.5) is 5.88 Å². The zero-order valence-corrected chi connectivity index (χ0v) is 14.9. The summed E-state index contributed by atoms with van der Waals surface area (Å²) in [5.41, 5.74) is 9.16. The molecule has 0 atom stereocenters. The van der Waals surface area contributed by atoms with Gasteiger partial charge in [0, 0.05) is 22.6 Å². The monoisotopic (exact) mass is 350 g/mol. The summed E-state index contributed by atoms with van der Waals surface area (Å²) in [6.07, 6.45) is 0. The van der Waals surface area contributed by atoms with Gasteiger partial charge in [0.2, 0.25) is 11.7 Å². The highest BCUT2D eigenvalue weighted by molar-refractivity contribution is 5.43. The van der Waals surface area contributed by atoms with Crippen LogP contribution in [0.1, 0.15) is 36.2 Å². The molecule has 0 amide bonds. The summed E-state index contributed by atoms with van der Waals surface area (Å²) in [6, 6.07) is 20.0. The number of anilines is 1. The van der Waals surface area contributed by atoms with Gasteiger partial charge >= 0.3 is 0 Å². The molecule has 1 fully saturated rings. The van der Waals surface area contributed by atoms with Gasteiger partial charge in [0.15, 0.2) is 0 Å². The lowest BCUT2D eigenvalue weighted by molar-refractivity contribution is -0.130. The molecule has 5 heteroatoms. The van der Waals surface area contributed by atoms with Crippen LogP contribution in [-0.4, -0.2) is 18.4 Å². The predicted molar refractivity (Wildman–Crippen MR) is 98.6 cm³/mol. The summed E-state index contributed by atoms with van der Waals surface area (Å²) in [5.74, 6) is -0.566. The van der Waals surface area contributed by atoms with Crippen molar-refractivity contribution in [3.05, 3.63) is 83.0 Å². The van der Waals surface area contributed by atoms with E-state index in [0.717, 1.165) is 22.4 Å². The number of rotatable bonds is 4. The minimum atomic E-state index is -0.879. The third-order valence-corrected chi connectivity index (χ3v) is 4.98. The van der Waals surface area contributed by atoms with Crippen LogP contribution in [0.5, 0.6) is 0 Å². The Morgan fingerprint density at radius 2 is 1.62 bits per heavy atom. The molecule has 1 aromatic heterocycles. The maximum Gasteiger partial charge on any atom is 0.222 e. The van der Waals surface area contributed by atoms with E-state index in [1.807, 2.05) is 42.5 Å². The van der Waals surface area contributed by atoms with Crippen LogP contribution < -0.4 is 5.73 Å². The average molecular weight is 350 g/mol. The Labute approximate surface area is 152 Å². The number of nitrogens with two attached hydrogens (primary N) is 1. The Hall–Kier alpha value is -2.63. The summed E-state index contributed by atoms with van der Waals surface area (Å²) in [6.45, 7) is 5.30. The third kappa shape index (κ3) is 2.69. The third-order valence-electron chi connectivity index (χ3n) is 4.98. The van der Waals surface area contributed by atoms with Crippen molar-refractivity contribution in [2.24, 2.45) is 0 Å². The van der Waals surface area contributed by atoms with Gasteiger partial charge in [-0.15, -0.1) is 0 Å². The summed E-state index contributed by atoms with van der Waals surface area (Å²) >= 11 is 0. The smallest absolute Gasteiger partial charge is 0.222 e. The number of benzene rings is 2. The Morgan fingerprint density at radius 1 is 0.923 bits per heavy atom. The van der Waals surface area contributed by atoms with Crippen molar-refractivity contribution in [3.63, 3.8) is 0 Å². The molecule has 2 heterocycles. The number of hydrogen-bond acceptors (Lipinski definition) is 5. The van der Waals surface area contributed by atoms with Crippen LogP contribution in [0.2, 0.25) is 0 Å². The molecule has 2 aromatic carbocycles. The maximum absolute atomic E-state index is 6.11. The van der Waals surface area contributed by atoms with Gasteiger partial charge in [0.1, 0.15) is 0 Å². The largest absolute Gasteiger partial charge is 0.368 e. The second-order valence-corrected chi connectivity index (χ2v) is 7.00. The average Bonchev–Trinajstić information content (AvgIpc) is 3.33. The van der Waals surface area contributed by atoms with E-state index in [-0.39, 0.29) is 5.41 Å². The molecular formula is C21H22N2O3. The quantitative estimate of drug-likeness (QED) is 0.774. The normalized spacial score (nSPS) is 16.7. The van der Waals surface area contributed by atoms with Crippen LogP contribution in [0.3, 0.4) is 0 Å². The molecule has 0 aliphatic carbocycles. The van der Waals surface area contributed by atoms with Crippen LogP contribution >= 0.6 is 0 Å². The van der Waals surface area contributed by atoms with Crippen molar-refractivity contribution in [3.8, 4) is 0 Å². The molecule has 4 rings (SSSR count). The van der Waals surface area contributed by atoms with Gasteiger partial charge in [-0.3, -0.25) is 0 Å². The molecule has 0 bridgehead atoms. The Kier molecular flexibility index (Phi) is 4.05. The highest BCUT2D eigenvalue weighted by Gasteiger charge is 2.41. The van der Waals surface area contributed by atoms with Crippen molar-refractivity contribution in [2.45, 2.75) is 25.0 Å². The van der Waals surface area contributed by atoms with Crippen LogP contribution in [0.25, 0.3) is 0 Å². The van der Waals surface area contributed by atoms with E-state index in [0.29, 0.717) is 19.1 Å². The topological polar surface area (TPSA) is 70.5 Å². The SMILES string of the molecule is CC(C)(c1cccc(C2(c3ccccc3)OCCO2)c1)c1cc(N)on1. The lowest BCUT2D eigenvalue weighted by atomic mass is 9.80. The van der Waals surface area contributed by atoms with Gasteiger partial charge in [-0.1, -0.05) is 67.5 Å².